The highest BCUT2D eigenvalue weighted by molar-refractivity contribution is 7.89. The quantitative estimate of drug-likeness (QED) is 0.363. The number of rotatable bonds is 6. The zero-order valence-electron chi connectivity index (χ0n) is 19.8. The molecule has 4 aromatic rings. The largest absolute Gasteiger partial charge is 0.476 e. The summed E-state index contributed by atoms with van der Waals surface area (Å²) in [5.74, 6) is -0.378. The van der Waals surface area contributed by atoms with Crippen LogP contribution in [-0.2, 0) is 23.6 Å². The average molecular weight is 556 g/mol. The van der Waals surface area contributed by atoms with E-state index in [0.29, 0.717) is 24.0 Å². The first-order valence-corrected chi connectivity index (χ1v) is 13.2. The predicted molar refractivity (Wildman–Crippen MR) is 125 cm³/mol. The second kappa shape index (κ2) is 8.97. The summed E-state index contributed by atoms with van der Waals surface area (Å²) in [6, 6.07) is 2.66. The summed E-state index contributed by atoms with van der Waals surface area (Å²) in [6.45, 7) is -2.92. The fourth-order valence-electron chi connectivity index (χ4n) is 5.09. The fraction of sp³-hybridized carbons (Fsp3) is 0.409. The molecule has 1 fully saturated rings. The number of nitrogens with zero attached hydrogens (tertiary/aromatic N) is 6. The number of alkyl halides is 4. The van der Waals surface area contributed by atoms with Gasteiger partial charge in [0.15, 0.2) is 0 Å². The van der Waals surface area contributed by atoms with E-state index >= 15 is 0 Å². The predicted octanol–water partition coefficient (Wildman–Crippen LogP) is 3.16. The van der Waals surface area contributed by atoms with Gasteiger partial charge in [0.2, 0.25) is 21.8 Å². The topological polar surface area (TPSA) is 120 Å². The summed E-state index contributed by atoms with van der Waals surface area (Å²) in [6.07, 6.45) is 0.367. The molecule has 2 aliphatic rings. The van der Waals surface area contributed by atoms with Crippen molar-refractivity contribution in [1.29, 1.82) is 0 Å². The van der Waals surface area contributed by atoms with Gasteiger partial charge < -0.3 is 14.5 Å². The lowest BCUT2D eigenvalue weighted by atomic mass is 10.0. The van der Waals surface area contributed by atoms with Gasteiger partial charge in [0.05, 0.1) is 35.2 Å². The number of aryl methyl sites for hydroxylation is 1. The fourth-order valence-corrected chi connectivity index (χ4v) is 6.81. The van der Waals surface area contributed by atoms with E-state index in [9.17, 15) is 26.0 Å². The second-order valence-electron chi connectivity index (χ2n) is 8.97. The Bertz CT molecular complexity index is 1630. The van der Waals surface area contributed by atoms with Crippen molar-refractivity contribution < 1.29 is 35.5 Å². The van der Waals surface area contributed by atoms with Crippen LogP contribution in [-0.4, -0.2) is 73.8 Å². The molecule has 0 aromatic carbocycles. The monoisotopic (exact) mass is 555 g/mol. The van der Waals surface area contributed by atoms with Gasteiger partial charge >= 0.3 is 6.61 Å². The number of hydrogen-bond acceptors (Lipinski definition) is 7. The zero-order chi connectivity index (χ0) is 26.8. The number of hydrogen-bond donors (Lipinski definition) is 1. The normalized spacial score (nSPS) is 19.4. The Morgan fingerprint density at radius 2 is 2.03 bits per heavy atom. The molecule has 0 bridgehead atoms. The molecule has 1 N–H and O–H groups in total. The Kier molecular flexibility index (Phi) is 5.82. The number of aromatic amines is 1. The number of fused-ring (bicyclic) bond motifs is 2. The van der Waals surface area contributed by atoms with Crippen LogP contribution in [0.5, 0.6) is 11.8 Å². The molecule has 2 aliphatic heterocycles. The van der Waals surface area contributed by atoms with Crippen molar-refractivity contribution in [2.45, 2.75) is 32.0 Å². The SMILES string of the molecule is Cn1cc(-c2c(-c3c(C(F)F)nn4c3OC[C@@H](N3CCCS3(=O)=O)C4)[nH]c3ncccc23)c(OC(F)F)n1. The van der Waals surface area contributed by atoms with Gasteiger partial charge in [-0.25, -0.2) is 26.9 Å². The van der Waals surface area contributed by atoms with Crippen LogP contribution >= 0.6 is 0 Å². The molecule has 11 nitrogen and oxygen atoms in total. The van der Waals surface area contributed by atoms with E-state index in [2.05, 4.69) is 24.9 Å². The lowest BCUT2D eigenvalue weighted by Crippen LogP contribution is -2.45. The number of ether oxygens (including phenoxy) is 2. The second-order valence-corrected chi connectivity index (χ2v) is 11.0. The van der Waals surface area contributed by atoms with Crippen LogP contribution in [0.15, 0.2) is 24.5 Å². The third kappa shape index (κ3) is 3.98. The molecule has 1 saturated heterocycles. The van der Waals surface area contributed by atoms with Gasteiger partial charge in [0, 0.05) is 36.9 Å². The third-order valence-corrected chi connectivity index (χ3v) is 8.57. The number of aromatic nitrogens is 6. The van der Waals surface area contributed by atoms with Gasteiger partial charge in [-0.3, -0.25) is 4.68 Å². The van der Waals surface area contributed by atoms with Crippen molar-refractivity contribution in [3.05, 3.63) is 30.2 Å². The number of nitrogens with one attached hydrogen (secondary N) is 1. The molecule has 0 saturated carbocycles. The van der Waals surface area contributed by atoms with Crippen molar-refractivity contribution in [1.82, 2.24) is 33.8 Å². The van der Waals surface area contributed by atoms with E-state index in [1.807, 2.05) is 0 Å². The zero-order valence-corrected chi connectivity index (χ0v) is 20.6. The summed E-state index contributed by atoms with van der Waals surface area (Å²) in [5.41, 5.74) is 0.0953. The highest BCUT2D eigenvalue weighted by atomic mass is 32.2. The molecule has 0 aliphatic carbocycles. The molecule has 6 rings (SSSR count). The van der Waals surface area contributed by atoms with E-state index < -0.39 is 40.7 Å². The van der Waals surface area contributed by atoms with Gasteiger partial charge in [-0.2, -0.15) is 18.2 Å². The summed E-state index contributed by atoms with van der Waals surface area (Å²) < 4.78 is 94.3. The summed E-state index contributed by atoms with van der Waals surface area (Å²) >= 11 is 0. The van der Waals surface area contributed by atoms with E-state index in [1.165, 1.54) is 33.1 Å². The molecule has 0 unspecified atom stereocenters. The molecule has 16 heteroatoms. The number of halogens is 4. The standard InChI is InChI=1S/C22H21F4N7O4S/c1-31-9-13(20(30-31)37-22(25)26)14-12-4-2-5-27-19(12)28-16(14)15-17(18(23)24)29-32-8-11(10-36-21(15)32)33-6-3-7-38(33,34)35/h2,4-5,9,11,18,22H,3,6-8,10H2,1H3,(H,27,28)/t11-/m0/s1. The van der Waals surface area contributed by atoms with Crippen molar-refractivity contribution in [3.63, 3.8) is 0 Å². The molecule has 0 spiro atoms. The Morgan fingerprint density at radius 3 is 2.74 bits per heavy atom. The van der Waals surface area contributed by atoms with Gasteiger partial charge in [-0.15, -0.1) is 5.10 Å². The Balaban J connectivity index is 1.54. The molecule has 6 heterocycles. The van der Waals surface area contributed by atoms with Crippen molar-refractivity contribution in [2.75, 3.05) is 18.9 Å². The van der Waals surface area contributed by atoms with E-state index in [-0.39, 0.29) is 47.2 Å². The highest BCUT2D eigenvalue weighted by Gasteiger charge is 2.40. The van der Waals surface area contributed by atoms with Crippen molar-refractivity contribution >= 4 is 21.1 Å². The Labute approximate surface area is 213 Å². The maximum absolute atomic E-state index is 14.4. The van der Waals surface area contributed by atoms with Crippen LogP contribution in [0.2, 0.25) is 0 Å². The molecule has 202 valence electrons. The lowest BCUT2D eigenvalue weighted by molar-refractivity contribution is -0.0527. The van der Waals surface area contributed by atoms with Gasteiger partial charge in [-0.05, 0) is 18.6 Å². The third-order valence-electron chi connectivity index (χ3n) is 6.57. The minimum absolute atomic E-state index is 0.00108. The first-order chi connectivity index (χ1) is 18.1. The smallest absolute Gasteiger partial charge is 0.388 e. The number of H-pyrrole nitrogens is 1. The Morgan fingerprint density at radius 1 is 1.21 bits per heavy atom. The van der Waals surface area contributed by atoms with E-state index in [1.54, 1.807) is 12.1 Å². The molecule has 4 aromatic heterocycles. The van der Waals surface area contributed by atoms with Crippen LogP contribution in [0, 0.1) is 0 Å². The lowest BCUT2D eigenvalue weighted by Gasteiger charge is -2.30. The molecule has 0 amide bonds. The summed E-state index contributed by atoms with van der Waals surface area (Å²) in [7, 11) is -1.96. The first kappa shape index (κ1) is 24.7. The first-order valence-electron chi connectivity index (χ1n) is 11.6. The Hall–Kier alpha value is -3.66. The molecule has 1 atom stereocenters. The van der Waals surface area contributed by atoms with Crippen LogP contribution < -0.4 is 9.47 Å². The van der Waals surface area contributed by atoms with E-state index in [0.717, 1.165) is 0 Å². The molecular formula is C22H21F4N7O4S. The van der Waals surface area contributed by atoms with Crippen LogP contribution in [0.1, 0.15) is 18.5 Å². The summed E-state index contributed by atoms with van der Waals surface area (Å²) in [4.78, 5) is 7.28. The van der Waals surface area contributed by atoms with E-state index in [4.69, 9.17) is 4.74 Å². The van der Waals surface area contributed by atoms with Crippen LogP contribution in [0.4, 0.5) is 17.6 Å². The van der Waals surface area contributed by atoms with Gasteiger partial charge in [-0.1, -0.05) is 0 Å². The van der Waals surface area contributed by atoms with Gasteiger partial charge in [0.25, 0.3) is 6.43 Å². The highest BCUT2D eigenvalue weighted by Crippen LogP contribution is 2.47. The maximum atomic E-state index is 14.4. The maximum Gasteiger partial charge on any atom is 0.388 e. The van der Waals surface area contributed by atoms with Crippen LogP contribution in [0.25, 0.3) is 33.4 Å². The van der Waals surface area contributed by atoms with Gasteiger partial charge in [0.1, 0.15) is 17.9 Å². The summed E-state index contributed by atoms with van der Waals surface area (Å²) in [5, 5.41) is 8.50. The molecule has 38 heavy (non-hydrogen) atoms. The van der Waals surface area contributed by atoms with Crippen molar-refractivity contribution in [2.24, 2.45) is 7.05 Å². The molecule has 0 radical (unpaired) electrons. The number of pyridine rings is 1. The van der Waals surface area contributed by atoms with Crippen LogP contribution in [0.3, 0.4) is 0 Å². The minimum Gasteiger partial charge on any atom is -0.476 e. The number of sulfonamides is 1. The van der Waals surface area contributed by atoms with Crippen molar-refractivity contribution in [3.8, 4) is 34.1 Å². The molecular weight excluding hydrogens is 534 g/mol. The average Bonchev–Trinajstić information content (AvgIpc) is 3.60. The minimum atomic E-state index is -3.47.